The number of esters is 1. The van der Waals surface area contributed by atoms with Crippen LogP contribution in [0.25, 0.3) is 0 Å². The Kier molecular flexibility index (Phi) is 37.8. The second-order valence-electron chi connectivity index (χ2n) is 14.8. The van der Waals surface area contributed by atoms with Gasteiger partial charge in [-0.1, -0.05) is 167 Å². The summed E-state index contributed by atoms with van der Waals surface area (Å²) in [6.07, 6.45) is 44.0. The predicted octanol–water partition coefficient (Wildman–Crippen LogP) is 12.9. The number of hydrogen-bond acceptors (Lipinski definition) is 5. The van der Waals surface area contributed by atoms with Gasteiger partial charge in [0.05, 0.1) is 6.61 Å². The molecule has 0 aromatic rings. The monoisotopic (exact) mass is 717 g/mol. The minimum absolute atomic E-state index is 0.269. The molecule has 0 bridgehead atoms. The molecule has 51 heavy (non-hydrogen) atoms. The van der Waals surface area contributed by atoms with E-state index in [4.69, 9.17) is 10.5 Å². The first-order chi connectivity index (χ1) is 25.0. The summed E-state index contributed by atoms with van der Waals surface area (Å²) in [7, 11) is 0. The van der Waals surface area contributed by atoms with E-state index >= 15 is 0 Å². The third kappa shape index (κ3) is 31.3. The maximum atomic E-state index is 13.6. The van der Waals surface area contributed by atoms with Gasteiger partial charge in [0.15, 0.2) is 0 Å². The standard InChI is InChI=1S/C45H84N2O4/c1-4-7-9-11-13-15-17-19-21-23-25-27-29-31-33-38-43(48)47(42(37-35-36-40-46)45(50)51-41-6-3)44(49)39-34-32-30-28-26-24-22-20-18-16-14-12-10-8-5-2/h19,21,34,39,42H,4-18,20,22-33,35-38,40-41,46H2,1-3H3/b21-19-,39-34?/t42-/m0/s1. The molecule has 6 heteroatoms. The molecule has 2 N–H and O–H groups in total. The van der Waals surface area contributed by atoms with Crippen LogP contribution in [0, 0.1) is 0 Å². The zero-order valence-corrected chi connectivity index (χ0v) is 34.1. The van der Waals surface area contributed by atoms with E-state index in [-0.39, 0.29) is 18.9 Å². The van der Waals surface area contributed by atoms with Gasteiger partial charge in [0.2, 0.25) is 5.91 Å². The molecule has 0 aliphatic carbocycles. The maximum absolute atomic E-state index is 13.6. The maximum Gasteiger partial charge on any atom is 0.329 e. The van der Waals surface area contributed by atoms with Gasteiger partial charge in [-0.05, 0) is 83.2 Å². The van der Waals surface area contributed by atoms with Gasteiger partial charge in [-0.2, -0.15) is 0 Å². The Morgan fingerprint density at radius 1 is 0.529 bits per heavy atom. The minimum Gasteiger partial charge on any atom is -0.464 e. The lowest BCUT2D eigenvalue weighted by Crippen LogP contribution is -2.49. The molecule has 0 fully saturated rings. The van der Waals surface area contributed by atoms with Gasteiger partial charge in [-0.3, -0.25) is 14.5 Å². The summed E-state index contributed by atoms with van der Waals surface area (Å²) in [6.45, 7) is 7.26. The number of rotatable bonds is 38. The van der Waals surface area contributed by atoms with Crippen LogP contribution in [0.5, 0.6) is 0 Å². The lowest BCUT2D eigenvalue weighted by atomic mass is 10.0. The van der Waals surface area contributed by atoms with Crippen LogP contribution in [0.15, 0.2) is 24.3 Å². The lowest BCUT2D eigenvalue weighted by molar-refractivity contribution is -0.160. The van der Waals surface area contributed by atoms with E-state index in [9.17, 15) is 14.4 Å². The Balaban J connectivity index is 4.71. The van der Waals surface area contributed by atoms with Crippen molar-refractivity contribution in [1.29, 1.82) is 0 Å². The van der Waals surface area contributed by atoms with Crippen molar-refractivity contribution < 1.29 is 19.1 Å². The molecule has 0 heterocycles. The first-order valence-corrected chi connectivity index (χ1v) is 22.1. The average molecular weight is 717 g/mol. The van der Waals surface area contributed by atoms with Crippen LogP contribution in [0.3, 0.4) is 0 Å². The van der Waals surface area contributed by atoms with E-state index in [1.54, 1.807) is 0 Å². The normalized spacial score (nSPS) is 12.2. The molecular weight excluding hydrogens is 633 g/mol. The molecular formula is C45H84N2O4. The van der Waals surface area contributed by atoms with Crippen molar-refractivity contribution in [3.63, 3.8) is 0 Å². The third-order valence-electron chi connectivity index (χ3n) is 9.86. The van der Waals surface area contributed by atoms with Gasteiger partial charge in [0, 0.05) is 6.42 Å². The number of nitrogens with two attached hydrogens (primary N) is 1. The lowest BCUT2D eigenvalue weighted by Gasteiger charge is -2.28. The number of carbonyl (C=O) groups is 3. The summed E-state index contributed by atoms with van der Waals surface area (Å²) in [5, 5.41) is 0. The van der Waals surface area contributed by atoms with E-state index in [0.29, 0.717) is 25.8 Å². The van der Waals surface area contributed by atoms with Crippen LogP contribution in [0.2, 0.25) is 0 Å². The highest BCUT2D eigenvalue weighted by Crippen LogP contribution is 2.18. The average Bonchev–Trinajstić information content (AvgIpc) is 3.13. The van der Waals surface area contributed by atoms with Crippen molar-refractivity contribution in [2.45, 2.75) is 232 Å². The first-order valence-electron chi connectivity index (χ1n) is 22.1. The van der Waals surface area contributed by atoms with Crippen molar-refractivity contribution in [3.8, 4) is 0 Å². The molecule has 0 saturated carbocycles. The fraction of sp³-hybridized carbons (Fsp3) is 0.844. The summed E-state index contributed by atoms with van der Waals surface area (Å²) in [6, 6.07) is -0.896. The highest BCUT2D eigenvalue weighted by atomic mass is 16.5. The molecule has 1 atom stereocenters. The van der Waals surface area contributed by atoms with E-state index in [1.807, 2.05) is 13.0 Å². The smallest absolute Gasteiger partial charge is 0.329 e. The molecule has 0 aliphatic heterocycles. The largest absolute Gasteiger partial charge is 0.464 e. The van der Waals surface area contributed by atoms with E-state index in [0.717, 1.165) is 57.8 Å². The highest BCUT2D eigenvalue weighted by Gasteiger charge is 2.34. The molecule has 0 aromatic carbocycles. The molecule has 6 nitrogen and oxygen atoms in total. The zero-order chi connectivity index (χ0) is 37.5. The number of nitrogens with zero attached hydrogens (tertiary/aromatic N) is 1. The molecule has 0 aromatic heterocycles. The van der Waals surface area contributed by atoms with E-state index in [1.165, 1.54) is 133 Å². The van der Waals surface area contributed by atoms with Gasteiger partial charge in [-0.15, -0.1) is 0 Å². The van der Waals surface area contributed by atoms with E-state index in [2.05, 4.69) is 26.0 Å². The molecule has 298 valence electrons. The fourth-order valence-corrected chi connectivity index (χ4v) is 6.60. The van der Waals surface area contributed by atoms with Crippen molar-refractivity contribution >= 4 is 17.8 Å². The molecule has 0 radical (unpaired) electrons. The van der Waals surface area contributed by atoms with Gasteiger partial charge in [-0.25, -0.2) is 4.79 Å². The number of allylic oxidation sites excluding steroid dienone is 3. The van der Waals surface area contributed by atoms with Gasteiger partial charge < -0.3 is 10.5 Å². The molecule has 0 saturated heterocycles. The van der Waals surface area contributed by atoms with Crippen LogP contribution in [0.4, 0.5) is 0 Å². The third-order valence-corrected chi connectivity index (χ3v) is 9.86. The highest BCUT2D eigenvalue weighted by molar-refractivity contribution is 6.04. The van der Waals surface area contributed by atoms with Gasteiger partial charge >= 0.3 is 5.97 Å². The van der Waals surface area contributed by atoms with Crippen LogP contribution < -0.4 is 5.73 Å². The molecule has 2 amide bonds. The zero-order valence-electron chi connectivity index (χ0n) is 34.1. The number of hydrogen-bond donors (Lipinski definition) is 1. The fourth-order valence-electron chi connectivity index (χ4n) is 6.60. The summed E-state index contributed by atoms with van der Waals surface area (Å²) in [5.41, 5.74) is 5.73. The number of amides is 2. The Morgan fingerprint density at radius 2 is 0.961 bits per heavy atom. The Bertz CT molecular complexity index is 855. The Hall–Kier alpha value is -1.95. The second-order valence-corrected chi connectivity index (χ2v) is 14.8. The topological polar surface area (TPSA) is 89.7 Å². The van der Waals surface area contributed by atoms with Crippen molar-refractivity contribution in [1.82, 2.24) is 4.90 Å². The van der Waals surface area contributed by atoms with Crippen molar-refractivity contribution in [2.24, 2.45) is 5.73 Å². The summed E-state index contributed by atoms with van der Waals surface area (Å²) in [5.74, 6) is -1.15. The first kappa shape index (κ1) is 49.0. The molecule has 0 rings (SSSR count). The number of imide groups is 1. The van der Waals surface area contributed by atoms with Crippen LogP contribution in [-0.4, -0.2) is 41.9 Å². The summed E-state index contributed by atoms with van der Waals surface area (Å²) >= 11 is 0. The molecule has 0 spiro atoms. The summed E-state index contributed by atoms with van der Waals surface area (Å²) < 4.78 is 5.48. The van der Waals surface area contributed by atoms with Gasteiger partial charge in [0.1, 0.15) is 6.04 Å². The van der Waals surface area contributed by atoms with Crippen molar-refractivity contribution in [3.05, 3.63) is 24.3 Å². The van der Waals surface area contributed by atoms with Gasteiger partial charge in [0.25, 0.3) is 5.91 Å². The number of ether oxygens (including phenoxy) is 1. The number of carbonyl (C=O) groups excluding carboxylic acids is 3. The molecule has 0 aliphatic rings. The number of unbranched alkanes of at least 4 members (excludes halogenated alkanes) is 25. The van der Waals surface area contributed by atoms with Crippen LogP contribution in [0.1, 0.15) is 226 Å². The van der Waals surface area contributed by atoms with Crippen LogP contribution >= 0.6 is 0 Å². The molecule has 0 unspecified atom stereocenters. The SMILES string of the molecule is CCCCCCCC/C=C\CCCCCCCC(=O)N(C(=O)C=CCCCCCCCCCCCCCCC)[C@@H](CCCCN)C(=O)OCCC. The Labute approximate surface area is 316 Å². The quantitative estimate of drug-likeness (QED) is 0.0297. The predicted molar refractivity (Wildman–Crippen MR) is 219 cm³/mol. The van der Waals surface area contributed by atoms with E-state index < -0.39 is 17.9 Å². The van der Waals surface area contributed by atoms with Crippen LogP contribution in [-0.2, 0) is 19.1 Å². The Morgan fingerprint density at radius 3 is 1.41 bits per heavy atom. The summed E-state index contributed by atoms with van der Waals surface area (Å²) in [4.78, 5) is 41.4. The minimum atomic E-state index is -0.896. The van der Waals surface area contributed by atoms with Crippen molar-refractivity contribution in [2.75, 3.05) is 13.2 Å². The second kappa shape index (κ2) is 39.3.